The summed E-state index contributed by atoms with van der Waals surface area (Å²) < 4.78 is 5.33. The number of aliphatic hydroxyl groups is 2. The van der Waals surface area contributed by atoms with Crippen LogP contribution in [0.5, 0.6) is 5.75 Å². The summed E-state index contributed by atoms with van der Waals surface area (Å²) >= 11 is 0. The van der Waals surface area contributed by atoms with Crippen molar-refractivity contribution in [2.24, 2.45) is 5.92 Å². The molecule has 5 nitrogen and oxygen atoms in total. The molecule has 3 saturated heterocycles. The monoisotopic (exact) mass is 340 g/mol. The number of piperidine rings is 3. The number of ether oxygens (including phenoxy) is 1. The van der Waals surface area contributed by atoms with Gasteiger partial charge in [-0.15, -0.1) is 6.58 Å². The van der Waals surface area contributed by atoms with Gasteiger partial charge in [0.1, 0.15) is 5.75 Å². The third-order valence-electron chi connectivity index (χ3n) is 5.94. The van der Waals surface area contributed by atoms with Gasteiger partial charge < -0.3 is 14.9 Å². The number of aliphatic hydroxyl groups excluding tert-OH is 1. The van der Waals surface area contributed by atoms with E-state index >= 15 is 0 Å². The summed E-state index contributed by atoms with van der Waals surface area (Å²) in [4.78, 5) is 6.59. The number of rotatable bonds is 4. The Morgan fingerprint density at radius 2 is 2.28 bits per heavy atom. The highest BCUT2D eigenvalue weighted by molar-refractivity contribution is 5.83. The van der Waals surface area contributed by atoms with Crippen LogP contribution in [-0.2, 0) is 0 Å². The first-order valence-electron chi connectivity index (χ1n) is 8.76. The predicted molar refractivity (Wildman–Crippen MR) is 96.5 cm³/mol. The Morgan fingerprint density at radius 1 is 1.44 bits per heavy atom. The molecule has 0 amide bonds. The van der Waals surface area contributed by atoms with E-state index < -0.39 is 11.7 Å². The molecule has 4 heterocycles. The van der Waals surface area contributed by atoms with Crippen LogP contribution < -0.4 is 4.74 Å². The van der Waals surface area contributed by atoms with E-state index in [1.165, 1.54) is 0 Å². The minimum atomic E-state index is -0.835. The zero-order valence-corrected chi connectivity index (χ0v) is 14.4. The summed E-state index contributed by atoms with van der Waals surface area (Å²) in [6, 6.07) is 7.60. The highest BCUT2D eigenvalue weighted by Crippen LogP contribution is 2.44. The molecule has 0 spiro atoms. The van der Waals surface area contributed by atoms with Crippen LogP contribution in [-0.4, -0.2) is 51.9 Å². The molecule has 1 aromatic carbocycles. The molecule has 5 heteroatoms. The van der Waals surface area contributed by atoms with E-state index in [-0.39, 0.29) is 12.0 Å². The molecule has 3 aliphatic rings. The Hall–Kier alpha value is -1.95. The molecule has 3 aliphatic heterocycles. The van der Waals surface area contributed by atoms with Gasteiger partial charge in [-0.25, -0.2) is 0 Å². The van der Waals surface area contributed by atoms with Gasteiger partial charge in [0.25, 0.3) is 0 Å². The third-order valence-corrected chi connectivity index (χ3v) is 5.94. The minimum absolute atomic E-state index is 0.00391. The van der Waals surface area contributed by atoms with Gasteiger partial charge in [0, 0.05) is 24.2 Å². The summed E-state index contributed by atoms with van der Waals surface area (Å²) in [5.74, 6) is 0.901. The fourth-order valence-corrected chi connectivity index (χ4v) is 4.45. The largest absolute Gasteiger partial charge is 0.497 e. The Bertz CT molecular complexity index is 809. The molecular weight excluding hydrogens is 316 g/mol. The van der Waals surface area contributed by atoms with Gasteiger partial charge in [0.05, 0.1) is 24.3 Å². The molecule has 2 N–H and O–H groups in total. The highest BCUT2D eigenvalue weighted by atomic mass is 16.5. The molecule has 2 aromatic rings. The molecule has 3 fully saturated rings. The molecule has 4 unspecified atom stereocenters. The Labute approximate surface area is 147 Å². The van der Waals surface area contributed by atoms with E-state index in [1.54, 1.807) is 19.4 Å². The molecule has 0 radical (unpaired) electrons. The molecule has 5 rings (SSSR count). The van der Waals surface area contributed by atoms with Crippen molar-refractivity contribution in [1.82, 2.24) is 9.88 Å². The first kappa shape index (κ1) is 16.5. The second kappa shape index (κ2) is 6.09. The van der Waals surface area contributed by atoms with Crippen molar-refractivity contribution in [3.8, 4) is 5.75 Å². The number of fused-ring (bicyclic) bond motifs is 4. The lowest BCUT2D eigenvalue weighted by atomic mass is 9.71. The van der Waals surface area contributed by atoms with Crippen molar-refractivity contribution >= 4 is 10.9 Å². The summed E-state index contributed by atoms with van der Waals surface area (Å²) in [7, 11) is 1.63. The Morgan fingerprint density at radius 3 is 2.96 bits per heavy atom. The zero-order chi connectivity index (χ0) is 17.6. The number of benzene rings is 1. The van der Waals surface area contributed by atoms with E-state index in [4.69, 9.17) is 4.74 Å². The second-order valence-electron chi connectivity index (χ2n) is 7.18. The van der Waals surface area contributed by atoms with Gasteiger partial charge >= 0.3 is 0 Å². The lowest BCUT2D eigenvalue weighted by molar-refractivity contribution is -0.127. The lowest BCUT2D eigenvalue weighted by Crippen LogP contribution is -2.63. The molecule has 132 valence electrons. The number of aromatic nitrogens is 1. The summed E-state index contributed by atoms with van der Waals surface area (Å²) in [6.07, 6.45) is 4.48. The SMILES string of the molecule is C=CC1(O)CN2CCC1CC2[C@@H](O)c1ccnc2ccc(OC)cc12. The normalized spacial score (nSPS) is 32.5. The fraction of sp³-hybridized carbons (Fsp3) is 0.450. The summed E-state index contributed by atoms with van der Waals surface area (Å²) in [5, 5.41) is 22.8. The average Bonchev–Trinajstić information content (AvgIpc) is 2.66. The number of nitrogens with zero attached hydrogens (tertiary/aromatic N) is 2. The molecule has 0 aliphatic carbocycles. The van der Waals surface area contributed by atoms with E-state index in [0.717, 1.165) is 41.6 Å². The van der Waals surface area contributed by atoms with Crippen LogP contribution in [0.1, 0.15) is 24.5 Å². The third kappa shape index (κ3) is 2.63. The van der Waals surface area contributed by atoms with Gasteiger partial charge in [-0.2, -0.15) is 0 Å². The maximum Gasteiger partial charge on any atom is 0.119 e. The number of hydrogen-bond donors (Lipinski definition) is 2. The van der Waals surface area contributed by atoms with Crippen molar-refractivity contribution in [2.45, 2.75) is 30.6 Å². The topological polar surface area (TPSA) is 65.8 Å². The lowest BCUT2D eigenvalue weighted by Gasteiger charge is -2.54. The van der Waals surface area contributed by atoms with Crippen molar-refractivity contribution in [1.29, 1.82) is 0 Å². The molecule has 25 heavy (non-hydrogen) atoms. The highest BCUT2D eigenvalue weighted by Gasteiger charge is 2.49. The quantitative estimate of drug-likeness (QED) is 0.836. The molecule has 2 bridgehead atoms. The zero-order valence-electron chi connectivity index (χ0n) is 14.4. The van der Waals surface area contributed by atoms with E-state index in [2.05, 4.69) is 16.5 Å². The van der Waals surface area contributed by atoms with Crippen molar-refractivity contribution < 1.29 is 14.9 Å². The maximum absolute atomic E-state index is 11.2. The van der Waals surface area contributed by atoms with E-state index in [0.29, 0.717) is 6.54 Å². The van der Waals surface area contributed by atoms with Crippen LogP contribution in [0.3, 0.4) is 0 Å². The second-order valence-corrected chi connectivity index (χ2v) is 7.18. The van der Waals surface area contributed by atoms with E-state index in [9.17, 15) is 10.2 Å². The molecular formula is C20H24N2O3. The van der Waals surface area contributed by atoms with Crippen LogP contribution in [0.15, 0.2) is 43.1 Å². The van der Waals surface area contributed by atoms with Crippen LogP contribution in [0.2, 0.25) is 0 Å². The Balaban J connectivity index is 1.69. The van der Waals surface area contributed by atoms with Crippen LogP contribution in [0, 0.1) is 5.92 Å². The van der Waals surface area contributed by atoms with Gasteiger partial charge in [-0.1, -0.05) is 6.08 Å². The number of hydrogen-bond acceptors (Lipinski definition) is 5. The average molecular weight is 340 g/mol. The van der Waals surface area contributed by atoms with Gasteiger partial charge in [0.15, 0.2) is 0 Å². The van der Waals surface area contributed by atoms with Crippen molar-refractivity contribution in [3.05, 3.63) is 48.7 Å². The standard InChI is InChI=1S/C20H24N2O3/c1-3-20(24)12-22-9-7-13(20)10-18(22)19(23)15-6-8-21-17-5-4-14(25-2)11-16(15)17/h3-6,8,11,13,18-19,23-24H,1,7,9-10,12H2,2H3/t13?,18?,19-,20?/m0/s1. The number of methoxy groups -OCH3 is 1. The number of pyridine rings is 1. The van der Waals surface area contributed by atoms with Crippen LogP contribution in [0.4, 0.5) is 0 Å². The minimum Gasteiger partial charge on any atom is -0.497 e. The first-order valence-corrected chi connectivity index (χ1v) is 8.76. The van der Waals surface area contributed by atoms with Gasteiger partial charge in [-0.3, -0.25) is 9.88 Å². The summed E-state index contributed by atoms with van der Waals surface area (Å²) in [5.41, 5.74) is 0.873. The fourth-order valence-electron chi connectivity index (χ4n) is 4.45. The van der Waals surface area contributed by atoms with E-state index in [1.807, 2.05) is 24.3 Å². The molecule has 1 aromatic heterocycles. The maximum atomic E-state index is 11.2. The van der Waals surface area contributed by atoms with Crippen LogP contribution in [0.25, 0.3) is 10.9 Å². The Kier molecular flexibility index (Phi) is 4.02. The molecule has 0 saturated carbocycles. The predicted octanol–water partition coefficient (Wildman–Crippen LogP) is 2.29. The molecule has 5 atom stereocenters. The summed E-state index contributed by atoms with van der Waals surface area (Å²) in [6.45, 7) is 5.24. The van der Waals surface area contributed by atoms with Crippen LogP contribution >= 0.6 is 0 Å². The first-order chi connectivity index (χ1) is 12.1. The van der Waals surface area contributed by atoms with Gasteiger partial charge in [-0.05, 0) is 55.1 Å². The smallest absolute Gasteiger partial charge is 0.119 e. The van der Waals surface area contributed by atoms with Crippen molar-refractivity contribution in [2.75, 3.05) is 20.2 Å². The van der Waals surface area contributed by atoms with Gasteiger partial charge in [0.2, 0.25) is 0 Å². The van der Waals surface area contributed by atoms with Crippen molar-refractivity contribution in [3.63, 3.8) is 0 Å².